The summed E-state index contributed by atoms with van der Waals surface area (Å²) in [5.74, 6) is -1.26. The van der Waals surface area contributed by atoms with E-state index in [4.69, 9.17) is 5.73 Å². The predicted molar refractivity (Wildman–Crippen MR) is 76.1 cm³/mol. The first-order valence-electron chi connectivity index (χ1n) is 6.66. The fourth-order valence-corrected chi connectivity index (χ4v) is 3.68. The molecule has 112 valence electrons. The number of aliphatic hydroxyl groups is 1. The first kappa shape index (κ1) is 15.3. The van der Waals surface area contributed by atoms with Gasteiger partial charge in [0, 0.05) is 17.5 Å². The van der Waals surface area contributed by atoms with Crippen molar-refractivity contribution in [2.45, 2.75) is 37.7 Å². The number of nitrogens with two attached hydrogens (primary N) is 1. The largest absolute Gasteiger partial charge is 0.477 e. The summed E-state index contributed by atoms with van der Waals surface area (Å²) in [4.78, 5) is 24.7. The van der Waals surface area contributed by atoms with Gasteiger partial charge in [-0.3, -0.25) is 4.79 Å². The first-order valence-corrected chi connectivity index (χ1v) is 7.71. The van der Waals surface area contributed by atoms with Crippen LogP contribution in [0, 0.1) is 5.92 Å². The summed E-state index contributed by atoms with van der Waals surface area (Å²) in [7, 11) is 0. The Kier molecular flexibility index (Phi) is 4.41. The molecule has 0 spiro atoms. The van der Waals surface area contributed by atoms with Crippen LogP contribution < -0.4 is 5.73 Å². The Morgan fingerprint density at radius 3 is 2.70 bits per heavy atom. The van der Waals surface area contributed by atoms with Crippen LogP contribution in [0.4, 0.5) is 0 Å². The minimum atomic E-state index is -1.07. The number of amides is 1. The number of carboxylic acid groups (broad SMARTS) is 1. The van der Waals surface area contributed by atoms with Gasteiger partial charge in [-0.25, -0.2) is 4.79 Å². The lowest BCUT2D eigenvalue weighted by atomic mass is 9.83. The van der Waals surface area contributed by atoms with Crippen LogP contribution in [0.2, 0.25) is 0 Å². The van der Waals surface area contributed by atoms with Crippen LogP contribution in [0.5, 0.6) is 0 Å². The minimum absolute atomic E-state index is 0.105. The van der Waals surface area contributed by atoms with Crippen molar-refractivity contribution in [3.05, 3.63) is 11.3 Å². The number of aliphatic carboxylic acids is 1. The molecule has 0 saturated carbocycles. The quantitative estimate of drug-likeness (QED) is 0.597. The van der Waals surface area contributed by atoms with Gasteiger partial charge in [-0.15, -0.1) is 0 Å². The molecule has 0 aromatic carbocycles. The van der Waals surface area contributed by atoms with E-state index in [1.54, 1.807) is 18.7 Å². The number of nitrogens with zero attached hydrogens (tertiary/aromatic N) is 1. The molecule has 0 bridgehead atoms. The van der Waals surface area contributed by atoms with Crippen LogP contribution in [0.15, 0.2) is 11.3 Å². The van der Waals surface area contributed by atoms with E-state index in [0.29, 0.717) is 18.7 Å². The summed E-state index contributed by atoms with van der Waals surface area (Å²) in [5, 5.41) is 19.2. The van der Waals surface area contributed by atoms with Gasteiger partial charge in [0.2, 0.25) is 5.91 Å². The Morgan fingerprint density at radius 2 is 2.20 bits per heavy atom. The van der Waals surface area contributed by atoms with Gasteiger partial charge in [0.05, 0.1) is 18.1 Å². The molecule has 2 heterocycles. The number of hydrogen-bond donors (Lipinski definition) is 3. The Balaban J connectivity index is 2.15. The average molecular weight is 300 g/mol. The number of carbonyl (C=O) groups is 2. The van der Waals surface area contributed by atoms with E-state index < -0.39 is 18.0 Å². The Labute approximate surface area is 122 Å². The summed E-state index contributed by atoms with van der Waals surface area (Å²) in [6, 6.07) is -0.197. The van der Waals surface area contributed by atoms with Crippen molar-refractivity contribution in [1.82, 2.24) is 4.90 Å². The molecule has 2 rings (SSSR count). The Bertz CT molecular complexity index is 463. The molecule has 2 aliphatic rings. The van der Waals surface area contributed by atoms with E-state index in [1.165, 1.54) is 4.90 Å². The van der Waals surface area contributed by atoms with Crippen molar-refractivity contribution in [1.29, 1.82) is 0 Å². The number of aliphatic hydroxyl groups excluding tert-OH is 1. The van der Waals surface area contributed by atoms with Gasteiger partial charge in [-0.2, -0.15) is 11.8 Å². The van der Waals surface area contributed by atoms with Gasteiger partial charge >= 0.3 is 5.97 Å². The topological polar surface area (TPSA) is 104 Å². The second-order valence-corrected chi connectivity index (χ2v) is 6.79. The lowest BCUT2D eigenvalue weighted by Gasteiger charge is -2.44. The van der Waals surface area contributed by atoms with Crippen LogP contribution in [0.3, 0.4) is 0 Å². The number of β-lactam (4-membered cyclic amide) rings is 1. The Morgan fingerprint density at radius 1 is 1.55 bits per heavy atom. The van der Waals surface area contributed by atoms with E-state index in [9.17, 15) is 19.8 Å². The van der Waals surface area contributed by atoms with E-state index in [1.807, 2.05) is 6.92 Å². The summed E-state index contributed by atoms with van der Waals surface area (Å²) in [5.41, 5.74) is 6.42. The second kappa shape index (κ2) is 5.75. The summed E-state index contributed by atoms with van der Waals surface area (Å²) >= 11 is 1.59. The molecule has 4 N–H and O–H groups in total. The second-order valence-electron chi connectivity index (χ2n) is 5.36. The number of carbonyl (C=O) groups excluding carboxylic acids is 1. The van der Waals surface area contributed by atoms with E-state index in [2.05, 4.69) is 0 Å². The van der Waals surface area contributed by atoms with Crippen molar-refractivity contribution in [2.75, 3.05) is 12.3 Å². The third kappa shape index (κ3) is 2.45. The molecule has 0 aromatic rings. The van der Waals surface area contributed by atoms with Gasteiger partial charge in [-0.05, 0) is 18.9 Å². The molecule has 20 heavy (non-hydrogen) atoms. The smallest absolute Gasteiger partial charge is 0.352 e. The molecule has 0 aromatic heterocycles. The number of fused-ring (bicyclic) bond motifs is 1. The Hall–Kier alpha value is -1.05. The molecule has 1 saturated heterocycles. The zero-order valence-electron chi connectivity index (χ0n) is 11.6. The third-order valence-electron chi connectivity index (χ3n) is 3.90. The fourth-order valence-electron chi connectivity index (χ4n) is 2.80. The predicted octanol–water partition coefficient (Wildman–Crippen LogP) is 0.0170. The lowest BCUT2D eigenvalue weighted by Crippen LogP contribution is -2.61. The standard InChI is InChI=1S/C13H20N2O4S/c1-6(4-14)20-5-8-3-9-10(7(2)16)12(17)15(9)11(8)13(18)19/h6-7,9-10,16H,3-5,14H2,1-2H3,(H,18,19). The lowest BCUT2D eigenvalue weighted by molar-refractivity contribution is -0.161. The van der Waals surface area contributed by atoms with Gasteiger partial charge in [0.15, 0.2) is 0 Å². The van der Waals surface area contributed by atoms with Gasteiger partial charge in [0.25, 0.3) is 0 Å². The minimum Gasteiger partial charge on any atom is -0.477 e. The van der Waals surface area contributed by atoms with Crippen molar-refractivity contribution in [2.24, 2.45) is 11.7 Å². The number of hydrogen-bond acceptors (Lipinski definition) is 5. The zero-order valence-corrected chi connectivity index (χ0v) is 12.4. The highest BCUT2D eigenvalue weighted by Crippen LogP contribution is 2.44. The average Bonchev–Trinajstić information content (AvgIpc) is 2.69. The maximum Gasteiger partial charge on any atom is 0.352 e. The first-order chi connectivity index (χ1) is 9.38. The third-order valence-corrected chi connectivity index (χ3v) is 5.17. The highest BCUT2D eigenvalue weighted by molar-refractivity contribution is 8.00. The van der Waals surface area contributed by atoms with Crippen molar-refractivity contribution < 1.29 is 19.8 Å². The van der Waals surface area contributed by atoms with E-state index >= 15 is 0 Å². The SMILES string of the molecule is CC(CN)SCC1=C(C(=O)O)N2C(=O)C(C(C)O)C2C1. The molecule has 0 aliphatic carbocycles. The molecule has 0 radical (unpaired) electrons. The molecule has 1 fully saturated rings. The van der Waals surface area contributed by atoms with Crippen LogP contribution in [-0.2, 0) is 9.59 Å². The van der Waals surface area contributed by atoms with Crippen molar-refractivity contribution >= 4 is 23.6 Å². The molecule has 6 nitrogen and oxygen atoms in total. The van der Waals surface area contributed by atoms with Crippen LogP contribution in [0.25, 0.3) is 0 Å². The number of thioether (sulfide) groups is 1. The van der Waals surface area contributed by atoms with E-state index in [0.717, 1.165) is 5.57 Å². The fraction of sp³-hybridized carbons (Fsp3) is 0.692. The summed E-state index contributed by atoms with van der Waals surface area (Å²) < 4.78 is 0. The van der Waals surface area contributed by atoms with Crippen molar-refractivity contribution in [3.8, 4) is 0 Å². The van der Waals surface area contributed by atoms with Gasteiger partial charge in [0.1, 0.15) is 5.70 Å². The molecular weight excluding hydrogens is 280 g/mol. The van der Waals surface area contributed by atoms with Gasteiger partial charge in [-0.1, -0.05) is 6.92 Å². The van der Waals surface area contributed by atoms with Gasteiger partial charge < -0.3 is 20.8 Å². The molecule has 7 heteroatoms. The number of carboxylic acids is 1. The molecule has 4 atom stereocenters. The zero-order chi connectivity index (χ0) is 15.0. The van der Waals surface area contributed by atoms with Crippen LogP contribution >= 0.6 is 11.8 Å². The normalized spacial score (nSPS) is 28.2. The molecule has 2 aliphatic heterocycles. The summed E-state index contributed by atoms with van der Waals surface area (Å²) in [6.45, 7) is 4.09. The highest BCUT2D eigenvalue weighted by Gasteiger charge is 2.56. The van der Waals surface area contributed by atoms with E-state index in [-0.39, 0.29) is 22.9 Å². The maximum atomic E-state index is 12.0. The van der Waals surface area contributed by atoms with Crippen LogP contribution in [0.1, 0.15) is 20.3 Å². The van der Waals surface area contributed by atoms with Crippen LogP contribution in [-0.4, -0.2) is 56.7 Å². The van der Waals surface area contributed by atoms with Crippen molar-refractivity contribution in [3.63, 3.8) is 0 Å². The summed E-state index contributed by atoms with van der Waals surface area (Å²) in [6.07, 6.45) is -0.207. The maximum absolute atomic E-state index is 12.0. The number of rotatable bonds is 6. The highest BCUT2D eigenvalue weighted by atomic mass is 32.2. The molecule has 4 unspecified atom stereocenters. The molecule has 1 amide bonds. The monoisotopic (exact) mass is 300 g/mol. The molecular formula is C13H20N2O4S.